The minimum atomic E-state index is 0.169. The fourth-order valence-corrected chi connectivity index (χ4v) is 3.21. The van der Waals surface area contributed by atoms with Gasteiger partial charge in [-0.25, -0.2) is 0 Å². The SMILES string of the molecule is COc1ccc(CNCC(=O)N2CCN(c3cccc(C)c3)CC2)cc1. The molecule has 0 bridgehead atoms. The molecule has 1 aliphatic heterocycles. The first-order chi connectivity index (χ1) is 12.7. The van der Waals surface area contributed by atoms with Gasteiger partial charge in [-0.15, -0.1) is 0 Å². The third-order valence-corrected chi connectivity index (χ3v) is 4.76. The molecular weight excluding hydrogens is 326 g/mol. The minimum Gasteiger partial charge on any atom is -0.497 e. The number of aryl methyl sites for hydroxylation is 1. The summed E-state index contributed by atoms with van der Waals surface area (Å²) in [4.78, 5) is 16.7. The summed E-state index contributed by atoms with van der Waals surface area (Å²) in [5.74, 6) is 1.01. The first kappa shape index (κ1) is 18.3. The summed E-state index contributed by atoms with van der Waals surface area (Å²) < 4.78 is 5.15. The Morgan fingerprint density at radius 1 is 1.08 bits per heavy atom. The number of piperazine rings is 1. The topological polar surface area (TPSA) is 44.8 Å². The van der Waals surface area contributed by atoms with E-state index in [1.54, 1.807) is 7.11 Å². The van der Waals surface area contributed by atoms with Gasteiger partial charge in [-0.1, -0.05) is 24.3 Å². The second kappa shape index (κ2) is 8.72. The standard InChI is InChI=1S/C21H27N3O2/c1-17-4-3-5-19(14-17)23-10-12-24(13-11-23)21(25)16-22-15-18-6-8-20(26-2)9-7-18/h3-9,14,22H,10-13,15-16H2,1-2H3. The average molecular weight is 353 g/mol. The molecule has 138 valence electrons. The summed E-state index contributed by atoms with van der Waals surface area (Å²) in [5.41, 5.74) is 3.65. The van der Waals surface area contributed by atoms with Crippen LogP contribution in [0.2, 0.25) is 0 Å². The first-order valence-corrected chi connectivity index (χ1v) is 9.09. The molecule has 0 unspecified atom stereocenters. The van der Waals surface area contributed by atoms with Crippen molar-refractivity contribution in [1.82, 2.24) is 10.2 Å². The molecule has 5 heteroatoms. The molecule has 5 nitrogen and oxygen atoms in total. The van der Waals surface area contributed by atoms with Gasteiger partial charge in [0.2, 0.25) is 5.91 Å². The lowest BCUT2D eigenvalue weighted by Gasteiger charge is -2.36. The Bertz CT molecular complexity index is 722. The molecule has 3 rings (SSSR count). The van der Waals surface area contributed by atoms with Crippen LogP contribution in [0.25, 0.3) is 0 Å². The molecule has 1 N–H and O–H groups in total. The van der Waals surface area contributed by atoms with Gasteiger partial charge in [0.05, 0.1) is 13.7 Å². The average Bonchev–Trinajstić information content (AvgIpc) is 2.68. The van der Waals surface area contributed by atoms with Gasteiger partial charge in [0.1, 0.15) is 5.75 Å². The number of nitrogens with zero attached hydrogens (tertiary/aromatic N) is 2. The summed E-state index contributed by atoms with van der Waals surface area (Å²) in [6.45, 7) is 6.47. The Morgan fingerprint density at radius 2 is 1.81 bits per heavy atom. The predicted molar refractivity (Wildman–Crippen MR) is 105 cm³/mol. The maximum atomic E-state index is 12.4. The second-order valence-corrected chi connectivity index (χ2v) is 6.66. The first-order valence-electron chi connectivity index (χ1n) is 9.09. The van der Waals surface area contributed by atoms with Crippen molar-refractivity contribution in [3.8, 4) is 5.75 Å². The van der Waals surface area contributed by atoms with Gasteiger partial charge in [0.25, 0.3) is 0 Å². The normalized spacial score (nSPS) is 14.4. The third-order valence-electron chi connectivity index (χ3n) is 4.76. The van der Waals surface area contributed by atoms with Gasteiger partial charge in [0, 0.05) is 38.4 Å². The molecule has 1 fully saturated rings. The van der Waals surface area contributed by atoms with Crippen LogP contribution in [0.1, 0.15) is 11.1 Å². The fraction of sp³-hybridized carbons (Fsp3) is 0.381. The van der Waals surface area contributed by atoms with Crippen LogP contribution < -0.4 is 15.0 Å². The molecule has 0 saturated carbocycles. The van der Waals surface area contributed by atoms with E-state index in [4.69, 9.17) is 4.74 Å². The molecule has 2 aromatic rings. The minimum absolute atomic E-state index is 0.169. The molecule has 1 aliphatic rings. The largest absolute Gasteiger partial charge is 0.497 e. The zero-order valence-electron chi connectivity index (χ0n) is 15.6. The molecule has 0 spiro atoms. The number of hydrogen-bond acceptors (Lipinski definition) is 4. The second-order valence-electron chi connectivity index (χ2n) is 6.66. The van der Waals surface area contributed by atoms with Crippen molar-refractivity contribution < 1.29 is 9.53 Å². The summed E-state index contributed by atoms with van der Waals surface area (Å²) in [6, 6.07) is 16.4. The van der Waals surface area contributed by atoms with Crippen molar-refractivity contribution in [3.63, 3.8) is 0 Å². The van der Waals surface area contributed by atoms with Gasteiger partial charge in [0.15, 0.2) is 0 Å². The predicted octanol–water partition coefficient (Wildman–Crippen LogP) is 2.44. The van der Waals surface area contributed by atoms with E-state index in [-0.39, 0.29) is 5.91 Å². The number of anilines is 1. The number of carbonyl (C=O) groups is 1. The number of rotatable bonds is 6. The molecule has 2 aromatic carbocycles. The van der Waals surface area contributed by atoms with Crippen LogP contribution in [0.5, 0.6) is 5.75 Å². The zero-order chi connectivity index (χ0) is 18.4. The number of nitrogens with one attached hydrogen (secondary N) is 1. The van der Waals surface area contributed by atoms with Gasteiger partial charge in [-0.05, 0) is 42.3 Å². The Kier molecular flexibility index (Phi) is 6.12. The highest BCUT2D eigenvalue weighted by molar-refractivity contribution is 5.78. The van der Waals surface area contributed by atoms with Gasteiger partial charge in [-0.3, -0.25) is 4.79 Å². The van der Waals surface area contributed by atoms with E-state index >= 15 is 0 Å². The van der Waals surface area contributed by atoms with Crippen molar-refractivity contribution in [1.29, 1.82) is 0 Å². The maximum Gasteiger partial charge on any atom is 0.236 e. The Labute approximate surface area is 155 Å². The molecule has 1 amide bonds. The lowest BCUT2D eigenvalue weighted by Crippen LogP contribution is -2.50. The molecule has 1 heterocycles. The van der Waals surface area contributed by atoms with E-state index in [0.717, 1.165) is 37.5 Å². The number of carbonyl (C=O) groups excluding carboxylic acids is 1. The van der Waals surface area contributed by atoms with Crippen LogP contribution >= 0.6 is 0 Å². The summed E-state index contributed by atoms with van der Waals surface area (Å²) in [6.07, 6.45) is 0. The van der Waals surface area contributed by atoms with E-state index in [1.165, 1.54) is 11.3 Å². The zero-order valence-corrected chi connectivity index (χ0v) is 15.6. The lowest BCUT2D eigenvalue weighted by molar-refractivity contribution is -0.130. The van der Waals surface area contributed by atoms with Crippen LogP contribution in [-0.2, 0) is 11.3 Å². The van der Waals surface area contributed by atoms with Crippen molar-refractivity contribution in [3.05, 3.63) is 59.7 Å². The quantitative estimate of drug-likeness (QED) is 0.866. The highest BCUT2D eigenvalue weighted by atomic mass is 16.5. The number of hydrogen-bond donors (Lipinski definition) is 1. The van der Waals surface area contributed by atoms with Crippen LogP contribution in [-0.4, -0.2) is 50.6 Å². The van der Waals surface area contributed by atoms with Crippen LogP contribution in [0.4, 0.5) is 5.69 Å². The Morgan fingerprint density at radius 3 is 2.46 bits per heavy atom. The van der Waals surface area contributed by atoms with E-state index in [1.807, 2.05) is 29.2 Å². The van der Waals surface area contributed by atoms with Crippen molar-refractivity contribution in [2.75, 3.05) is 44.7 Å². The Hall–Kier alpha value is -2.53. The van der Waals surface area contributed by atoms with Crippen molar-refractivity contribution in [2.45, 2.75) is 13.5 Å². The molecule has 0 atom stereocenters. The molecule has 26 heavy (non-hydrogen) atoms. The summed E-state index contributed by atoms with van der Waals surface area (Å²) in [7, 11) is 1.66. The number of benzene rings is 2. The monoisotopic (exact) mass is 353 g/mol. The van der Waals surface area contributed by atoms with Gasteiger partial charge < -0.3 is 19.9 Å². The van der Waals surface area contributed by atoms with Gasteiger partial charge in [-0.2, -0.15) is 0 Å². The summed E-state index contributed by atoms with van der Waals surface area (Å²) in [5, 5.41) is 3.24. The highest BCUT2D eigenvalue weighted by Gasteiger charge is 2.20. The molecular formula is C21H27N3O2. The molecule has 1 saturated heterocycles. The Balaban J connectivity index is 1.42. The third kappa shape index (κ3) is 4.76. The number of amides is 1. The van der Waals surface area contributed by atoms with Crippen LogP contribution in [0.15, 0.2) is 48.5 Å². The number of methoxy groups -OCH3 is 1. The van der Waals surface area contributed by atoms with Crippen LogP contribution in [0, 0.1) is 6.92 Å². The fourth-order valence-electron chi connectivity index (χ4n) is 3.21. The van der Waals surface area contributed by atoms with Gasteiger partial charge >= 0.3 is 0 Å². The van der Waals surface area contributed by atoms with E-state index in [9.17, 15) is 4.79 Å². The summed E-state index contributed by atoms with van der Waals surface area (Å²) >= 11 is 0. The highest BCUT2D eigenvalue weighted by Crippen LogP contribution is 2.17. The van der Waals surface area contributed by atoms with E-state index in [2.05, 4.69) is 41.4 Å². The lowest BCUT2D eigenvalue weighted by atomic mass is 10.2. The maximum absolute atomic E-state index is 12.4. The smallest absolute Gasteiger partial charge is 0.236 e. The molecule has 0 aromatic heterocycles. The van der Waals surface area contributed by atoms with E-state index in [0.29, 0.717) is 13.1 Å². The van der Waals surface area contributed by atoms with Crippen molar-refractivity contribution >= 4 is 11.6 Å². The molecule has 0 aliphatic carbocycles. The van der Waals surface area contributed by atoms with Crippen molar-refractivity contribution in [2.24, 2.45) is 0 Å². The number of ether oxygens (including phenoxy) is 1. The van der Waals surface area contributed by atoms with E-state index < -0.39 is 0 Å². The molecule has 0 radical (unpaired) electrons. The van der Waals surface area contributed by atoms with Crippen LogP contribution in [0.3, 0.4) is 0 Å².